The van der Waals surface area contributed by atoms with Gasteiger partial charge in [0.25, 0.3) is 17.4 Å². The average Bonchev–Trinajstić information content (AvgIpc) is 3.40. The van der Waals surface area contributed by atoms with Crippen LogP contribution in [-0.4, -0.2) is 31.3 Å². The van der Waals surface area contributed by atoms with Crippen LogP contribution in [0.3, 0.4) is 0 Å². The molecule has 0 aliphatic heterocycles. The van der Waals surface area contributed by atoms with E-state index in [2.05, 4.69) is 37.7 Å². The van der Waals surface area contributed by atoms with Crippen molar-refractivity contribution in [2.24, 2.45) is 0 Å². The third-order valence-corrected chi connectivity index (χ3v) is 9.67. The quantitative estimate of drug-likeness (QED) is 0.114. The van der Waals surface area contributed by atoms with Crippen LogP contribution in [0.15, 0.2) is 162 Å². The molecule has 0 unspecified atom stereocenters. The predicted molar refractivity (Wildman–Crippen MR) is 284 cm³/mol. The van der Waals surface area contributed by atoms with Crippen molar-refractivity contribution in [1.29, 1.82) is 0 Å². The summed E-state index contributed by atoms with van der Waals surface area (Å²) in [7, 11) is 0. The van der Waals surface area contributed by atoms with Gasteiger partial charge in [0.2, 0.25) is 5.43 Å². The summed E-state index contributed by atoms with van der Waals surface area (Å²) in [4.78, 5) is 62.3. The van der Waals surface area contributed by atoms with E-state index in [-0.39, 0.29) is 64.2 Å². The molecule has 3 N–H and O–H groups in total. The van der Waals surface area contributed by atoms with Crippen LogP contribution in [0.1, 0.15) is 98.4 Å². The molecular weight excluding hydrogens is 1240 g/mol. The van der Waals surface area contributed by atoms with E-state index < -0.39 is 11.8 Å². The van der Waals surface area contributed by atoms with Crippen LogP contribution >= 0.6 is 0 Å². The van der Waals surface area contributed by atoms with Gasteiger partial charge in [-0.15, -0.1) is 0 Å². The topological polar surface area (TPSA) is 157 Å². The van der Waals surface area contributed by atoms with Gasteiger partial charge < -0.3 is 35.1 Å². The molecule has 0 saturated carbocycles. The Hall–Kier alpha value is -7.00. The number of rotatable bonds is 10. The van der Waals surface area contributed by atoms with E-state index in [0.29, 0.717) is 45.6 Å². The Bertz CT molecular complexity index is 2780. The number of aromatic nitrogens is 4. The molecule has 0 spiro atoms. The van der Waals surface area contributed by atoms with E-state index in [1.54, 1.807) is 43.0 Å². The summed E-state index contributed by atoms with van der Waals surface area (Å²) in [6.07, 6.45) is 11.0. The van der Waals surface area contributed by atoms with Crippen LogP contribution in [0.2, 0.25) is 0 Å². The first-order chi connectivity index (χ1) is 34.0. The zero-order valence-electron chi connectivity index (χ0n) is 43.0. The molecule has 8 rings (SSSR count). The Morgan fingerprint density at radius 3 is 1.47 bits per heavy atom. The number of nitrogens with one attached hydrogen (secondary N) is 3. The van der Waals surface area contributed by atoms with Crippen LogP contribution in [0.4, 0.5) is 11.4 Å². The maximum absolute atomic E-state index is 12.9. The van der Waals surface area contributed by atoms with Gasteiger partial charge in [-0.25, -0.2) is 0 Å². The molecule has 0 aliphatic rings. The summed E-state index contributed by atoms with van der Waals surface area (Å²) in [5.41, 5.74) is 5.79. The van der Waals surface area contributed by atoms with Crippen LogP contribution in [0.25, 0.3) is 16.8 Å². The largest absolute Gasteiger partial charge is 0.495 e. The van der Waals surface area contributed by atoms with Crippen molar-refractivity contribution < 1.29 is 61.2 Å². The fraction of sp³-hybridized carbons (Fsp3) is 0.207. The smallest absolute Gasteiger partial charge is 0.267 e. The van der Waals surface area contributed by atoms with Crippen LogP contribution in [0, 0.1) is 39.8 Å². The fourth-order valence-electron chi connectivity index (χ4n) is 6.36. The number of hydrogen-bond acceptors (Lipinski definition) is 8. The van der Waals surface area contributed by atoms with Crippen molar-refractivity contribution in [3.05, 3.63) is 219 Å². The van der Waals surface area contributed by atoms with E-state index in [0.717, 1.165) is 27.8 Å². The molecule has 12 nitrogen and oxygen atoms in total. The molecule has 0 radical (unpaired) electrons. The number of pyridine rings is 4. The van der Waals surface area contributed by atoms with Crippen LogP contribution in [-0.2, 0) is 42.1 Å². The van der Waals surface area contributed by atoms with Gasteiger partial charge in [-0.05, 0) is 116 Å². The molecule has 376 valence electrons. The van der Waals surface area contributed by atoms with Gasteiger partial charge in [0, 0.05) is 83.3 Å². The molecule has 0 saturated heterocycles. The number of nitrogens with zero attached hydrogens (tertiary/aromatic N) is 3. The van der Waals surface area contributed by atoms with Crippen molar-refractivity contribution in [2.75, 3.05) is 10.6 Å². The van der Waals surface area contributed by atoms with E-state index >= 15 is 0 Å². The monoisotopic (exact) mass is 1310 g/mol. The number of aromatic amines is 1. The van der Waals surface area contributed by atoms with Crippen molar-refractivity contribution >= 4 is 23.2 Å². The molecule has 4 heterocycles. The second-order valence-electron chi connectivity index (χ2n) is 14.1. The van der Waals surface area contributed by atoms with Gasteiger partial charge in [0.05, 0.1) is 0 Å². The van der Waals surface area contributed by atoms with Crippen molar-refractivity contribution in [1.82, 2.24) is 19.5 Å². The van der Waals surface area contributed by atoms with Gasteiger partial charge in [-0.3, -0.25) is 23.7 Å². The van der Waals surface area contributed by atoms with Crippen LogP contribution in [0.5, 0.6) is 23.0 Å². The second-order valence-corrected chi connectivity index (χ2v) is 14.1. The van der Waals surface area contributed by atoms with Crippen molar-refractivity contribution in [2.45, 2.75) is 83.1 Å². The Kier molecular flexibility index (Phi) is 29.4. The van der Waals surface area contributed by atoms with E-state index in [9.17, 15) is 19.2 Å². The molecule has 0 fully saturated rings. The minimum atomic E-state index is -0.474. The molecule has 0 bridgehead atoms. The number of carbonyl (C=O) groups excluding carboxylic acids is 2. The van der Waals surface area contributed by atoms with Gasteiger partial charge in [0.1, 0.15) is 22.6 Å². The Morgan fingerprint density at radius 1 is 0.556 bits per heavy atom. The number of H-pyrrole nitrogens is 1. The second kappa shape index (κ2) is 33.6. The molecule has 2 amide bonds. The molecule has 14 heteroatoms. The number of amides is 2. The Labute approximate surface area is 453 Å². The normalized spacial score (nSPS) is 9.39. The molecular formula is C58H64N6O6W2-2. The van der Waals surface area contributed by atoms with E-state index in [4.69, 9.17) is 9.47 Å². The number of benzene rings is 4. The number of carbonyl (C=O) groups is 2. The average molecular weight is 1310 g/mol. The van der Waals surface area contributed by atoms with E-state index in [1.807, 2.05) is 168 Å². The minimum Gasteiger partial charge on any atom is -0.495 e. The maximum atomic E-state index is 12.9. The third kappa shape index (κ3) is 17.7. The predicted octanol–water partition coefficient (Wildman–Crippen LogP) is 13.7. The third-order valence-electron chi connectivity index (χ3n) is 9.67. The first-order valence-corrected chi connectivity index (χ1v) is 23.4. The van der Waals surface area contributed by atoms with Gasteiger partial charge >= 0.3 is 0 Å². The fourth-order valence-corrected chi connectivity index (χ4v) is 6.36. The number of para-hydroxylation sites is 1. The molecule has 72 heavy (non-hydrogen) atoms. The zero-order valence-corrected chi connectivity index (χ0v) is 48.9. The van der Waals surface area contributed by atoms with Crippen LogP contribution < -0.4 is 31.1 Å². The van der Waals surface area contributed by atoms with Gasteiger partial charge in [-0.2, -0.15) is 24.3 Å². The number of anilines is 2. The van der Waals surface area contributed by atoms with Crippen molar-refractivity contribution in [3.63, 3.8) is 0 Å². The number of ether oxygens (including phenoxy) is 2. The maximum Gasteiger partial charge on any atom is 0.267 e. The zero-order chi connectivity index (χ0) is 51.6. The van der Waals surface area contributed by atoms with Crippen molar-refractivity contribution in [3.8, 4) is 39.8 Å². The Balaban J connectivity index is 0.000000618. The molecule has 4 aromatic heterocycles. The summed E-state index contributed by atoms with van der Waals surface area (Å²) < 4.78 is 13.2. The summed E-state index contributed by atoms with van der Waals surface area (Å²) in [6, 6.07) is 38.2. The molecule has 0 atom stereocenters. The van der Waals surface area contributed by atoms with E-state index in [1.165, 1.54) is 29.2 Å². The summed E-state index contributed by atoms with van der Waals surface area (Å²) >= 11 is 0. The van der Waals surface area contributed by atoms with Gasteiger partial charge in [0.15, 0.2) is 0 Å². The molecule has 0 aliphatic carbocycles. The summed E-state index contributed by atoms with van der Waals surface area (Å²) in [6.45, 7) is 23.5. The Morgan fingerprint density at radius 2 is 1.01 bits per heavy atom. The summed E-state index contributed by atoms with van der Waals surface area (Å²) in [5.74, 6) is 1.48. The molecule has 4 aromatic carbocycles. The SMILES string of the molecule is CC.CC.CC.CC.Cc1cc(Oc2[c-]cncc2)c(C)cc1NC(=O)c1c[nH]cc(-c2ccccc2)c1=O.Cc1cc(Oc2[c-]cncc2)c(C)cc1NC(=O)c1cccn(-c2ccccc2)c1=O.[W].[W]. The van der Waals surface area contributed by atoms with Gasteiger partial charge in [-0.1, -0.05) is 129 Å². The number of aryl methyl sites for hydroxylation is 4. The first-order valence-electron chi connectivity index (χ1n) is 23.4. The summed E-state index contributed by atoms with van der Waals surface area (Å²) in [5, 5.41) is 5.70. The first kappa shape index (κ1) is 63.0. The standard InChI is InChI=1S/2C25H20N3O3.4C2H6.2W/c1-17-16-23(31-20-10-12-26-13-11-20)18(2)15-22(17)27-24(29)21-9-6-14-28(25(21)30)19-7-4-3-5-8-19;1-16-13-23(31-19-8-10-26-11-9-19)17(2)12-22(16)28-25(30)21-15-27-14-20(24(21)29)18-6-4-3-5-7-18;4*1-2;;/h3-10,12-16H,1-2H3,(H,27,29);3-8,10-15H,1-2H3,(H,27,29)(H,28,30);4*1-2H3;;/q2*-1;;;;;;. The molecule has 8 aromatic rings. The minimum absolute atomic E-state index is 0. The number of hydrogen-bond donors (Lipinski definition) is 3.